The van der Waals surface area contributed by atoms with Crippen LogP contribution in [-0.4, -0.2) is 42.7 Å². The van der Waals surface area contributed by atoms with E-state index in [0.29, 0.717) is 13.0 Å². The van der Waals surface area contributed by atoms with Gasteiger partial charge < -0.3 is 24.8 Å². The summed E-state index contributed by atoms with van der Waals surface area (Å²) in [6, 6.07) is 14.9. The van der Waals surface area contributed by atoms with Crippen molar-refractivity contribution in [1.29, 1.82) is 0 Å². The van der Waals surface area contributed by atoms with Crippen molar-refractivity contribution in [3.05, 3.63) is 59.7 Å². The molecule has 2 aromatic rings. The molecule has 1 aliphatic heterocycles. The zero-order valence-corrected chi connectivity index (χ0v) is 14.6. The van der Waals surface area contributed by atoms with E-state index in [1.165, 1.54) is 0 Å². The first-order chi connectivity index (χ1) is 12.6. The molecule has 0 unspecified atom stereocenters. The zero-order chi connectivity index (χ0) is 18.5. The van der Waals surface area contributed by atoms with Gasteiger partial charge in [-0.15, -0.1) is 0 Å². The molecule has 2 aromatic carbocycles. The Balaban J connectivity index is 1.60. The molecule has 0 radical (unpaired) electrons. The van der Waals surface area contributed by atoms with Crippen LogP contribution >= 0.6 is 0 Å². The lowest BCUT2D eigenvalue weighted by molar-refractivity contribution is -0.120. The number of carbonyl (C=O) groups is 1. The van der Waals surface area contributed by atoms with Crippen molar-refractivity contribution in [3.63, 3.8) is 0 Å². The van der Waals surface area contributed by atoms with Gasteiger partial charge in [0.15, 0.2) is 0 Å². The standard InChI is InChI=1S/C19H22BNO5/c1-25-15-8-6-13(7-9-15)10-19(22)21-18(20(23)24)11-14-12-26-17-5-3-2-4-16(14)17/h2-9,14,18,23-24H,10-12H2,1H3,(H,21,22)/t14-,18-/m1/s1. The predicted molar refractivity (Wildman–Crippen MR) is 98.1 cm³/mol. The topological polar surface area (TPSA) is 88.0 Å². The number of amides is 1. The van der Waals surface area contributed by atoms with Gasteiger partial charge >= 0.3 is 7.12 Å². The number of ether oxygens (including phenoxy) is 2. The van der Waals surface area contributed by atoms with Crippen LogP contribution in [0.5, 0.6) is 11.5 Å². The highest BCUT2D eigenvalue weighted by molar-refractivity contribution is 6.43. The van der Waals surface area contributed by atoms with Crippen LogP contribution in [0.15, 0.2) is 48.5 Å². The Hall–Kier alpha value is -2.51. The average molecular weight is 355 g/mol. The van der Waals surface area contributed by atoms with Gasteiger partial charge in [-0.2, -0.15) is 0 Å². The van der Waals surface area contributed by atoms with Crippen LogP contribution in [0.2, 0.25) is 0 Å². The fraction of sp³-hybridized carbons (Fsp3) is 0.316. The maximum Gasteiger partial charge on any atom is 0.475 e. The van der Waals surface area contributed by atoms with E-state index < -0.39 is 13.1 Å². The number of nitrogens with one attached hydrogen (secondary N) is 1. The largest absolute Gasteiger partial charge is 0.497 e. The Labute approximate surface area is 152 Å². The number of benzene rings is 2. The third-order valence-corrected chi connectivity index (χ3v) is 4.57. The smallest absolute Gasteiger partial charge is 0.475 e. The van der Waals surface area contributed by atoms with Crippen molar-refractivity contribution in [2.24, 2.45) is 0 Å². The monoisotopic (exact) mass is 355 g/mol. The molecule has 26 heavy (non-hydrogen) atoms. The summed E-state index contributed by atoms with van der Waals surface area (Å²) in [7, 11) is -0.0533. The molecule has 0 bridgehead atoms. The highest BCUT2D eigenvalue weighted by atomic mass is 16.5. The summed E-state index contributed by atoms with van der Waals surface area (Å²) < 4.78 is 10.7. The van der Waals surface area contributed by atoms with E-state index in [1.54, 1.807) is 19.2 Å². The lowest BCUT2D eigenvalue weighted by Crippen LogP contribution is -2.47. The van der Waals surface area contributed by atoms with Crippen LogP contribution in [0.25, 0.3) is 0 Å². The summed E-state index contributed by atoms with van der Waals surface area (Å²) in [6.07, 6.45) is 0.550. The first kappa shape index (κ1) is 18.3. The second-order valence-electron chi connectivity index (χ2n) is 6.39. The maximum absolute atomic E-state index is 12.3. The minimum atomic E-state index is -1.64. The van der Waals surface area contributed by atoms with Gasteiger partial charge in [-0.05, 0) is 30.2 Å². The van der Waals surface area contributed by atoms with Gasteiger partial charge in [-0.1, -0.05) is 30.3 Å². The Morgan fingerprint density at radius 3 is 2.69 bits per heavy atom. The third-order valence-electron chi connectivity index (χ3n) is 4.57. The molecule has 1 aliphatic rings. The number of methoxy groups -OCH3 is 1. The molecule has 6 nitrogen and oxygen atoms in total. The van der Waals surface area contributed by atoms with E-state index in [4.69, 9.17) is 9.47 Å². The van der Waals surface area contributed by atoms with Crippen LogP contribution in [0.3, 0.4) is 0 Å². The molecule has 136 valence electrons. The molecule has 0 saturated carbocycles. The summed E-state index contributed by atoms with van der Waals surface area (Å²) in [5.41, 5.74) is 1.85. The molecule has 0 aliphatic carbocycles. The number of fused-ring (bicyclic) bond motifs is 1. The first-order valence-corrected chi connectivity index (χ1v) is 8.57. The van der Waals surface area contributed by atoms with Gasteiger partial charge in [0.2, 0.25) is 5.91 Å². The molecule has 1 heterocycles. The van der Waals surface area contributed by atoms with E-state index in [2.05, 4.69) is 5.32 Å². The van der Waals surface area contributed by atoms with E-state index in [1.807, 2.05) is 36.4 Å². The number of para-hydroxylation sites is 1. The normalized spacial score (nSPS) is 16.3. The number of carbonyl (C=O) groups excluding carboxylic acids is 1. The summed E-state index contributed by atoms with van der Waals surface area (Å²) >= 11 is 0. The molecule has 0 saturated heterocycles. The van der Waals surface area contributed by atoms with Crippen molar-refractivity contribution in [2.75, 3.05) is 13.7 Å². The molecule has 3 rings (SSSR count). The van der Waals surface area contributed by atoms with Crippen LogP contribution in [0, 0.1) is 0 Å². The molecule has 0 spiro atoms. The van der Waals surface area contributed by atoms with Gasteiger partial charge in [-0.25, -0.2) is 0 Å². The average Bonchev–Trinajstić information content (AvgIpc) is 3.05. The summed E-state index contributed by atoms with van der Waals surface area (Å²) in [5, 5.41) is 22.1. The fourth-order valence-electron chi connectivity index (χ4n) is 3.17. The number of hydrogen-bond donors (Lipinski definition) is 3. The number of rotatable bonds is 7. The molecule has 0 fully saturated rings. The lowest BCUT2D eigenvalue weighted by atomic mass is 9.73. The van der Waals surface area contributed by atoms with Crippen LogP contribution in [0.4, 0.5) is 0 Å². The van der Waals surface area contributed by atoms with E-state index in [9.17, 15) is 14.8 Å². The molecule has 0 aromatic heterocycles. The minimum Gasteiger partial charge on any atom is -0.497 e. The van der Waals surface area contributed by atoms with Crippen LogP contribution in [0.1, 0.15) is 23.5 Å². The van der Waals surface area contributed by atoms with Crippen LogP contribution in [-0.2, 0) is 11.2 Å². The van der Waals surface area contributed by atoms with Crippen LogP contribution < -0.4 is 14.8 Å². The quantitative estimate of drug-likeness (QED) is 0.652. The Morgan fingerprint density at radius 1 is 1.27 bits per heavy atom. The maximum atomic E-state index is 12.3. The second-order valence-corrected chi connectivity index (χ2v) is 6.39. The molecule has 2 atom stereocenters. The Bertz CT molecular complexity index is 750. The van der Waals surface area contributed by atoms with Gasteiger partial charge in [-0.3, -0.25) is 4.79 Å². The Morgan fingerprint density at radius 2 is 2.00 bits per heavy atom. The second kappa shape index (κ2) is 8.25. The Kier molecular flexibility index (Phi) is 5.80. The van der Waals surface area contributed by atoms with Crippen molar-refractivity contribution in [3.8, 4) is 11.5 Å². The fourth-order valence-corrected chi connectivity index (χ4v) is 3.17. The minimum absolute atomic E-state index is 0.0132. The van der Waals surface area contributed by atoms with Gasteiger partial charge in [0.05, 0.1) is 26.1 Å². The van der Waals surface area contributed by atoms with Gasteiger partial charge in [0, 0.05) is 11.5 Å². The predicted octanol–water partition coefficient (Wildman–Crippen LogP) is 1.30. The summed E-state index contributed by atoms with van der Waals surface area (Å²) in [6.45, 7) is 0.469. The number of hydrogen-bond acceptors (Lipinski definition) is 5. The van der Waals surface area contributed by atoms with Gasteiger partial charge in [0.25, 0.3) is 0 Å². The lowest BCUT2D eigenvalue weighted by Gasteiger charge is -2.21. The van der Waals surface area contributed by atoms with Crippen molar-refractivity contribution in [2.45, 2.75) is 24.7 Å². The molecular weight excluding hydrogens is 333 g/mol. The van der Waals surface area contributed by atoms with E-state index in [0.717, 1.165) is 22.6 Å². The highest BCUT2D eigenvalue weighted by Gasteiger charge is 2.32. The molecule has 1 amide bonds. The first-order valence-electron chi connectivity index (χ1n) is 8.57. The van der Waals surface area contributed by atoms with E-state index in [-0.39, 0.29) is 18.2 Å². The zero-order valence-electron chi connectivity index (χ0n) is 14.6. The highest BCUT2D eigenvalue weighted by Crippen LogP contribution is 2.36. The van der Waals surface area contributed by atoms with Crippen molar-refractivity contribution in [1.82, 2.24) is 5.32 Å². The molecular formula is C19H22BNO5. The van der Waals surface area contributed by atoms with Crippen molar-refractivity contribution < 1.29 is 24.3 Å². The molecule has 7 heteroatoms. The molecule has 3 N–H and O–H groups in total. The SMILES string of the molecule is COc1ccc(CC(=O)N[C@H](C[C@@H]2COc3ccccc32)B(O)O)cc1. The van der Waals surface area contributed by atoms with E-state index >= 15 is 0 Å². The summed E-state index contributed by atoms with van der Waals surface area (Å²) in [4.78, 5) is 12.3. The third kappa shape index (κ3) is 4.36. The van der Waals surface area contributed by atoms with Crippen molar-refractivity contribution >= 4 is 13.0 Å². The summed E-state index contributed by atoms with van der Waals surface area (Å²) in [5.74, 6) is 0.520. The van der Waals surface area contributed by atoms with Gasteiger partial charge in [0.1, 0.15) is 11.5 Å².